The van der Waals surface area contributed by atoms with Gasteiger partial charge in [0, 0.05) is 17.0 Å². The number of carbonyl (C=O) groups is 1. The van der Waals surface area contributed by atoms with E-state index < -0.39 is 0 Å². The molecule has 0 spiro atoms. The number of aryl methyl sites for hydroxylation is 1. The Kier molecular flexibility index (Phi) is 5.40. The van der Waals surface area contributed by atoms with Crippen LogP contribution in [0.4, 0.5) is 0 Å². The molecule has 1 aromatic heterocycles. The molecule has 5 nitrogen and oxygen atoms in total. The normalized spacial score (nSPS) is 11.0. The largest absolute Gasteiger partial charge is 0.485 e. The molecule has 0 aliphatic heterocycles. The Hall–Kier alpha value is -2.73. The summed E-state index contributed by atoms with van der Waals surface area (Å²) in [5, 5.41) is 3.77. The zero-order valence-corrected chi connectivity index (χ0v) is 15.1. The summed E-state index contributed by atoms with van der Waals surface area (Å²) in [4.78, 5) is 16.2. The molecular weight excluding hydrogens is 384 g/mol. The van der Waals surface area contributed by atoms with E-state index in [1.165, 1.54) is 0 Å². The summed E-state index contributed by atoms with van der Waals surface area (Å²) in [5.74, 6) is 1.65. The van der Waals surface area contributed by atoms with Crippen molar-refractivity contribution < 1.29 is 14.1 Å². The second-order valence-electron chi connectivity index (χ2n) is 5.30. The number of aromatic nitrogens is 2. The highest BCUT2D eigenvalue weighted by Gasteiger charge is 2.04. The van der Waals surface area contributed by atoms with Crippen LogP contribution in [0.2, 0.25) is 0 Å². The third kappa shape index (κ3) is 4.87. The maximum absolute atomic E-state index is 12.1. The summed E-state index contributed by atoms with van der Waals surface area (Å²) >= 11 is 3.36. The molecule has 0 radical (unpaired) electrons. The van der Waals surface area contributed by atoms with Crippen LogP contribution in [0.15, 0.2) is 63.6 Å². The van der Waals surface area contributed by atoms with Gasteiger partial charge in [-0.05, 0) is 35.9 Å². The highest BCUT2D eigenvalue weighted by Crippen LogP contribution is 2.16. The van der Waals surface area contributed by atoms with E-state index in [1.807, 2.05) is 36.4 Å². The van der Waals surface area contributed by atoms with Crippen molar-refractivity contribution >= 4 is 27.8 Å². The number of halogens is 1. The van der Waals surface area contributed by atoms with Gasteiger partial charge >= 0.3 is 0 Å². The average Bonchev–Trinajstić information content (AvgIpc) is 3.04. The monoisotopic (exact) mass is 398 g/mol. The fraction of sp³-hybridized carbons (Fsp3) is 0.105. The Balaban J connectivity index is 1.59. The number of allylic oxidation sites excluding steroid dienone is 1. The lowest BCUT2D eigenvalue weighted by Crippen LogP contribution is -1.97. The second-order valence-corrected chi connectivity index (χ2v) is 6.21. The predicted molar refractivity (Wildman–Crippen MR) is 97.3 cm³/mol. The van der Waals surface area contributed by atoms with E-state index in [9.17, 15) is 4.79 Å². The van der Waals surface area contributed by atoms with Crippen molar-refractivity contribution in [3.8, 4) is 5.75 Å². The van der Waals surface area contributed by atoms with E-state index >= 15 is 0 Å². The maximum Gasteiger partial charge on any atom is 0.223 e. The van der Waals surface area contributed by atoms with Gasteiger partial charge in [-0.3, -0.25) is 4.79 Å². The summed E-state index contributed by atoms with van der Waals surface area (Å²) in [5.41, 5.74) is 1.55. The number of ether oxygens (including phenoxy) is 1. The van der Waals surface area contributed by atoms with Crippen LogP contribution in [0.5, 0.6) is 5.75 Å². The highest BCUT2D eigenvalue weighted by molar-refractivity contribution is 9.10. The molecule has 126 valence electrons. The van der Waals surface area contributed by atoms with Gasteiger partial charge in [0.25, 0.3) is 0 Å². The molecule has 3 rings (SSSR count). The molecule has 2 aromatic carbocycles. The topological polar surface area (TPSA) is 65.2 Å². The molecule has 0 bridgehead atoms. The van der Waals surface area contributed by atoms with Gasteiger partial charge < -0.3 is 9.26 Å². The Labute approximate surface area is 153 Å². The molecule has 1 heterocycles. The minimum Gasteiger partial charge on any atom is -0.485 e. The molecule has 0 N–H and O–H groups in total. The molecule has 0 amide bonds. The molecule has 0 atom stereocenters. The van der Waals surface area contributed by atoms with Crippen molar-refractivity contribution in [2.75, 3.05) is 0 Å². The lowest BCUT2D eigenvalue weighted by molar-refractivity contribution is 0.104. The van der Waals surface area contributed by atoms with Gasteiger partial charge in [-0.15, -0.1) is 0 Å². The van der Waals surface area contributed by atoms with Crippen LogP contribution in [-0.2, 0) is 6.61 Å². The number of benzene rings is 2. The average molecular weight is 399 g/mol. The van der Waals surface area contributed by atoms with Crippen LogP contribution in [0.3, 0.4) is 0 Å². The van der Waals surface area contributed by atoms with Crippen LogP contribution in [0, 0.1) is 6.92 Å². The molecule has 0 fully saturated rings. The van der Waals surface area contributed by atoms with Crippen LogP contribution >= 0.6 is 15.9 Å². The number of rotatable bonds is 6. The molecule has 0 aliphatic rings. The van der Waals surface area contributed by atoms with Gasteiger partial charge in [-0.1, -0.05) is 51.4 Å². The zero-order valence-electron chi connectivity index (χ0n) is 13.5. The van der Waals surface area contributed by atoms with Gasteiger partial charge in [0.15, 0.2) is 12.4 Å². The minimum atomic E-state index is -0.0471. The summed E-state index contributed by atoms with van der Waals surface area (Å²) in [6, 6.07) is 14.7. The van der Waals surface area contributed by atoms with Gasteiger partial charge in [0.05, 0.1) is 0 Å². The van der Waals surface area contributed by atoms with E-state index in [-0.39, 0.29) is 12.4 Å². The van der Waals surface area contributed by atoms with E-state index in [0.717, 1.165) is 10.0 Å². The molecule has 25 heavy (non-hydrogen) atoms. The number of ketones is 1. The first-order chi connectivity index (χ1) is 12.1. The fourth-order valence-corrected chi connectivity index (χ4v) is 2.53. The van der Waals surface area contributed by atoms with Crippen LogP contribution < -0.4 is 4.74 Å². The Morgan fingerprint density at radius 2 is 2.04 bits per heavy atom. The van der Waals surface area contributed by atoms with Gasteiger partial charge in [0.2, 0.25) is 11.7 Å². The summed E-state index contributed by atoms with van der Waals surface area (Å²) in [6.07, 6.45) is 3.33. The first-order valence-electron chi connectivity index (χ1n) is 7.60. The van der Waals surface area contributed by atoms with E-state index in [0.29, 0.717) is 23.0 Å². The highest BCUT2D eigenvalue weighted by atomic mass is 79.9. The van der Waals surface area contributed by atoms with Crippen molar-refractivity contribution in [3.05, 3.63) is 81.9 Å². The van der Waals surface area contributed by atoms with Crippen molar-refractivity contribution in [1.29, 1.82) is 0 Å². The van der Waals surface area contributed by atoms with Gasteiger partial charge in [-0.25, -0.2) is 0 Å². The van der Waals surface area contributed by atoms with Gasteiger partial charge in [-0.2, -0.15) is 4.98 Å². The number of hydrogen-bond donors (Lipinski definition) is 0. The third-order valence-corrected chi connectivity index (χ3v) is 3.85. The second kappa shape index (κ2) is 7.90. The van der Waals surface area contributed by atoms with E-state index in [2.05, 4.69) is 26.1 Å². The molecule has 3 aromatic rings. The van der Waals surface area contributed by atoms with Crippen LogP contribution in [0.1, 0.15) is 27.6 Å². The molecule has 0 saturated heterocycles. The third-order valence-electron chi connectivity index (χ3n) is 3.35. The molecule has 0 aliphatic carbocycles. The van der Waals surface area contributed by atoms with E-state index in [4.69, 9.17) is 9.26 Å². The Morgan fingerprint density at radius 1 is 1.24 bits per heavy atom. The molecular formula is C19H15BrN2O3. The smallest absolute Gasteiger partial charge is 0.223 e. The predicted octanol–water partition coefficient (Wildman–Crippen LogP) is 4.62. The number of hydrogen-bond acceptors (Lipinski definition) is 5. The molecule has 0 unspecified atom stereocenters. The quantitative estimate of drug-likeness (QED) is 0.447. The Bertz CT molecular complexity index is 901. The first kappa shape index (κ1) is 17.1. The SMILES string of the molecule is Cc1nc(COc2ccc(/C=C/C(=O)c3cccc(Br)c3)cc2)no1. The lowest BCUT2D eigenvalue weighted by Gasteiger charge is -2.03. The number of nitrogens with zero attached hydrogens (tertiary/aromatic N) is 2. The molecule has 6 heteroatoms. The first-order valence-corrected chi connectivity index (χ1v) is 8.39. The zero-order chi connectivity index (χ0) is 17.6. The van der Waals surface area contributed by atoms with E-state index in [1.54, 1.807) is 31.2 Å². The standard InChI is InChI=1S/C19H15BrN2O3/c1-13-21-19(22-25-13)12-24-17-8-5-14(6-9-17)7-10-18(23)15-3-2-4-16(20)11-15/h2-11H,12H2,1H3/b10-7+. The Morgan fingerprint density at radius 3 is 2.72 bits per heavy atom. The van der Waals surface area contributed by atoms with Crippen LogP contribution in [0.25, 0.3) is 6.08 Å². The van der Waals surface area contributed by atoms with Crippen LogP contribution in [-0.4, -0.2) is 15.9 Å². The van der Waals surface area contributed by atoms with Crippen molar-refractivity contribution in [3.63, 3.8) is 0 Å². The number of carbonyl (C=O) groups excluding carboxylic acids is 1. The minimum absolute atomic E-state index is 0.0471. The van der Waals surface area contributed by atoms with Gasteiger partial charge in [0.1, 0.15) is 5.75 Å². The summed E-state index contributed by atoms with van der Waals surface area (Å²) in [7, 11) is 0. The summed E-state index contributed by atoms with van der Waals surface area (Å²) < 4.78 is 11.4. The maximum atomic E-state index is 12.1. The van der Waals surface area contributed by atoms with Crippen molar-refractivity contribution in [1.82, 2.24) is 10.1 Å². The fourth-order valence-electron chi connectivity index (χ4n) is 2.13. The molecule has 0 saturated carbocycles. The lowest BCUT2D eigenvalue weighted by atomic mass is 10.1. The van der Waals surface area contributed by atoms with Crippen molar-refractivity contribution in [2.45, 2.75) is 13.5 Å². The van der Waals surface area contributed by atoms with Crippen molar-refractivity contribution in [2.24, 2.45) is 0 Å². The summed E-state index contributed by atoms with van der Waals surface area (Å²) in [6.45, 7) is 1.97.